The summed E-state index contributed by atoms with van der Waals surface area (Å²) in [7, 11) is 0. The number of likely N-dealkylation sites (tertiary alicyclic amines) is 1. The molecule has 6 heteroatoms. The predicted octanol–water partition coefficient (Wildman–Crippen LogP) is 3.37. The predicted molar refractivity (Wildman–Crippen MR) is 105 cm³/mol. The summed E-state index contributed by atoms with van der Waals surface area (Å²) in [5.41, 5.74) is 0.928. The largest absolute Gasteiger partial charge is 0.335 e. The molecule has 1 radical (unpaired) electrons. The summed E-state index contributed by atoms with van der Waals surface area (Å²) in [5.74, 6) is 0.194. The van der Waals surface area contributed by atoms with E-state index in [-0.39, 0.29) is 11.9 Å². The molecule has 1 saturated carbocycles. The summed E-state index contributed by atoms with van der Waals surface area (Å²) < 4.78 is 0. The molecule has 1 amide bonds. The van der Waals surface area contributed by atoms with Crippen molar-refractivity contribution in [1.82, 2.24) is 15.1 Å². The van der Waals surface area contributed by atoms with E-state index >= 15 is 0 Å². The van der Waals surface area contributed by atoms with E-state index in [1.165, 1.54) is 38.8 Å². The molecule has 3 fully saturated rings. The maximum atomic E-state index is 13.2. The van der Waals surface area contributed by atoms with Crippen molar-refractivity contribution in [2.24, 2.45) is 0 Å². The van der Waals surface area contributed by atoms with Crippen LogP contribution in [0.25, 0.3) is 0 Å². The Morgan fingerprint density at radius 1 is 1.08 bits per heavy atom. The molecule has 2 aliphatic heterocycles. The first kappa shape index (κ1) is 18.5. The lowest BCUT2D eigenvalue weighted by Gasteiger charge is -2.50. The molecule has 1 aromatic carbocycles. The number of nitrogens with zero attached hydrogens (tertiary/aromatic N) is 3. The molecule has 2 heterocycles. The van der Waals surface area contributed by atoms with Gasteiger partial charge in [0.05, 0.1) is 22.5 Å². The van der Waals surface area contributed by atoms with Gasteiger partial charge in [-0.15, -0.1) is 0 Å². The van der Waals surface area contributed by atoms with Gasteiger partial charge in [-0.05, 0) is 56.5 Å². The van der Waals surface area contributed by atoms with E-state index in [9.17, 15) is 4.79 Å². The van der Waals surface area contributed by atoms with E-state index < -0.39 is 0 Å². The number of carbonyl (C=O) groups excluding carboxylic acids is 1. The number of halogens is 2. The van der Waals surface area contributed by atoms with Crippen molar-refractivity contribution in [1.29, 1.82) is 0 Å². The van der Waals surface area contributed by atoms with Crippen LogP contribution in [0, 0.1) is 0 Å². The van der Waals surface area contributed by atoms with Gasteiger partial charge in [-0.1, -0.05) is 35.7 Å². The SMILES string of the molecule is O=C(Cc1ccc(Cl)c(Cl)c1)N1CC[N]C2CCCC(N3CCCC3)C21. The van der Waals surface area contributed by atoms with Gasteiger partial charge in [0.2, 0.25) is 5.91 Å². The number of fused-ring (bicyclic) bond motifs is 1. The Hall–Kier alpha value is -0.810. The van der Waals surface area contributed by atoms with Crippen molar-refractivity contribution in [3.05, 3.63) is 33.8 Å². The molecule has 4 nitrogen and oxygen atoms in total. The molecule has 2 saturated heterocycles. The van der Waals surface area contributed by atoms with Crippen LogP contribution in [0.15, 0.2) is 18.2 Å². The van der Waals surface area contributed by atoms with Crippen LogP contribution in [0.1, 0.15) is 37.7 Å². The van der Waals surface area contributed by atoms with Gasteiger partial charge in [-0.3, -0.25) is 9.69 Å². The third kappa shape index (κ3) is 3.75. The van der Waals surface area contributed by atoms with Crippen molar-refractivity contribution >= 4 is 29.1 Å². The molecule has 1 aromatic rings. The molecular weight excluding hydrogens is 369 g/mol. The second-order valence-corrected chi connectivity index (χ2v) is 8.53. The number of hydrogen-bond acceptors (Lipinski definition) is 2. The Labute approximate surface area is 165 Å². The Bertz CT molecular complexity index is 660. The minimum absolute atomic E-state index is 0.194. The van der Waals surface area contributed by atoms with Crippen molar-refractivity contribution in [3.8, 4) is 0 Å². The highest BCUT2D eigenvalue weighted by Crippen LogP contribution is 2.32. The zero-order valence-electron chi connectivity index (χ0n) is 15.0. The highest BCUT2D eigenvalue weighted by Gasteiger charge is 2.44. The van der Waals surface area contributed by atoms with Crippen molar-refractivity contribution < 1.29 is 4.79 Å². The molecule has 4 rings (SSSR count). The minimum atomic E-state index is 0.194. The fourth-order valence-corrected chi connectivity index (χ4v) is 5.24. The summed E-state index contributed by atoms with van der Waals surface area (Å²) in [4.78, 5) is 17.9. The second-order valence-electron chi connectivity index (χ2n) is 7.72. The molecule has 26 heavy (non-hydrogen) atoms. The third-order valence-electron chi connectivity index (χ3n) is 6.12. The first-order chi connectivity index (χ1) is 12.6. The van der Waals surface area contributed by atoms with E-state index in [4.69, 9.17) is 28.5 Å². The quantitative estimate of drug-likeness (QED) is 0.787. The Morgan fingerprint density at radius 3 is 2.65 bits per heavy atom. The average Bonchev–Trinajstić information content (AvgIpc) is 3.18. The number of piperazine rings is 1. The number of rotatable bonds is 3. The van der Waals surface area contributed by atoms with Gasteiger partial charge in [0.15, 0.2) is 0 Å². The van der Waals surface area contributed by atoms with Gasteiger partial charge in [-0.2, -0.15) is 0 Å². The van der Waals surface area contributed by atoms with Crippen LogP contribution in [-0.4, -0.2) is 60.0 Å². The van der Waals surface area contributed by atoms with Crippen molar-refractivity contribution in [3.63, 3.8) is 0 Å². The van der Waals surface area contributed by atoms with Crippen LogP contribution in [0.5, 0.6) is 0 Å². The molecule has 0 aromatic heterocycles. The summed E-state index contributed by atoms with van der Waals surface area (Å²) >= 11 is 12.1. The first-order valence-corrected chi connectivity index (χ1v) is 10.5. The zero-order valence-corrected chi connectivity index (χ0v) is 16.6. The Balaban J connectivity index is 1.52. The number of hydrogen-bond donors (Lipinski definition) is 0. The van der Waals surface area contributed by atoms with Gasteiger partial charge < -0.3 is 4.90 Å². The van der Waals surface area contributed by atoms with Gasteiger partial charge >= 0.3 is 0 Å². The molecule has 3 aliphatic rings. The van der Waals surface area contributed by atoms with E-state index in [2.05, 4.69) is 9.80 Å². The Kier molecular flexibility index (Phi) is 5.75. The monoisotopic (exact) mass is 394 g/mol. The normalized spacial score (nSPS) is 29.6. The van der Waals surface area contributed by atoms with Crippen molar-refractivity contribution in [2.75, 3.05) is 26.2 Å². The van der Waals surface area contributed by atoms with Crippen LogP contribution in [-0.2, 0) is 11.2 Å². The van der Waals surface area contributed by atoms with Gasteiger partial charge in [0.25, 0.3) is 0 Å². The van der Waals surface area contributed by atoms with Gasteiger partial charge in [-0.25, -0.2) is 5.32 Å². The van der Waals surface area contributed by atoms with Gasteiger partial charge in [0, 0.05) is 25.2 Å². The van der Waals surface area contributed by atoms with Crippen LogP contribution in [0.4, 0.5) is 0 Å². The molecule has 3 atom stereocenters. The molecule has 0 spiro atoms. The molecule has 0 bridgehead atoms. The van der Waals surface area contributed by atoms with E-state index in [0.29, 0.717) is 28.5 Å². The minimum Gasteiger partial charge on any atom is -0.335 e. The summed E-state index contributed by atoms with van der Waals surface area (Å²) in [5, 5.41) is 5.92. The fourth-order valence-electron chi connectivity index (χ4n) is 4.92. The first-order valence-electron chi connectivity index (χ1n) is 9.77. The lowest BCUT2D eigenvalue weighted by molar-refractivity contribution is -0.138. The summed E-state index contributed by atoms with van der Waals surface area (Å²) in [6.45, 7) is 3.85. The molecule has 0 N–H and O–H groups in total. The van der Waals surface area contributed by atoms with Crippen LogP contribution in [0.2, 0.25) is 10.0 Å². The maximum absolute atomic E-state index is 13.2. The molecule has 141 valence electrons. The lowest BCUT2D eigenvalue weighted by Crippen LogP contribution is -2.66. The highest BCUT2D eigenvalue weighted by molar-refractivity contribution is 6.42. The number of carbonyl (C=O) groups is 1. The highest BCUT2D eigenvalue weighted by atomic mass is 35.5. The number of benzene rings is 1. The molecule has 3 unspecified atom stereocenters. The second kappa shape index (κ2) is 8.05. The average molecular weight is 395 g/mol. The van der Waals surface area contributed by atoms with Crippen LogP contribution < -0.4 is 5.32 Å². The third-order valence-corrected chi connectivity index (χ3v) is 6.86. The van der Waals surface area contributed by atoms with Crippen molar-refractivity contribution in [2.45, 2.75) is 56.7 Å². The lowest BCUT2D eigenvalue weighted by atomic mass is 9.82. The summed E-state index contributed by atoms with van der Waals surface area (Å²) in [6, 6.07) is 6.50. The number of amides is 1. The van der Waals surface area contributed by atoms with E-state index in [1.807, 2.05) is 12.1 Å². The molecular formula is C20H26Cl2N3O. The van der Waals surface area contributed by atoms with Gasteiger partial charge in [0.1, 0.15) is 0 Å². The molecule has 1 aliphatic carbocycles. The summed E-state index contributed by atoms with van der Waals surface area (Å²) in [6.07, 6.45) is 6.47. The van der Waals surface area contributed by atoms with Crippen LogP contribution in [0.3, 0.4) is 0 Å². The Morgan fingerprint density at radius 2 is 1.88 bits per heavy atom. The van der Waals surface area contributed by atoms with E-state index in [0.717, 1.165) is 25.1 Å². The maximum Gasteiger partial charge on any atom is 0.227 e. The smallest absolute Gasteiger partial charge is 0.227 e. The van der Waals surface area contributed by atoms with Crippen LogP contribution >= 0.6 is 23.2 Å². The standard InChI is InChI=1S/C20H26Cl2N3O/c21-15-7-6-14(12-16(15)22)13-19(26)25-11-8-23-17-4-3-5-18(20(17)25)24-9-1-2-10-24/h6-7,12,17-18,20H,1-5,8-11,13H2. The fraction of sp³-hybridized carbons (Fsp3) is 0.650. The van der Waals surface area contributed by atoms with E-state index in [1.54, 1.807) is 6.07 Å². The topological polar surface area (TPSA) is 37.7 Å². The zero-order chi connectivity index (χ0) is 18.1.